The van der Waals surface area contributed by atoms with Crippen molar-refractivity contribution in [3.8, 4) is 0 Å². The second-order valence-corrected chi connectivity index (χ2v) is 10.8. The zero-order chi connectivity index (χ0) is 27.4. The first-order valence-corrected chi connectivity index (χ1v) is 13.6. The molecule has 4 rings (SSSR count). The molecule has 0 bridgehead atoms. The van der Waals surface area contributed by atoms with E-state index in [9.17, 15) is 22.8 Å². The molecule has 1 fully saturated rings. The van der Waals surface area contributed by atoms with Crippen LogP contribution in [0.5, 0.6) is 0 Å². The van der Waals surface area contributed by atoms with E-state index in [0.717, 1.165) is 24.3 Å². The normalized spacial score (nSPS) is 18.7. The zero-order valence-corrected chi connectivity index (χ0v) is 22.4. The lowest BCUT2D eigenvalue weighted by Crippen LogP contribution is -2.39. The van der Waals surface area contributed by atoms with Gasteiger partial charge in [0.2, 0.25) is 5.91 Å². The van der Waals surface area contributed by atoms with Crippen molar-refractivity contribution >= 4 is 34.6 Å². The molecule has 1 saturated heterocycles. The monoisotopic (exact) mass is 547 g/mol. The molecule has 11 heteroatoms. The van der Waals surface area contributed by atoms with Gasteiger partial charge in [-0.25, -0.2) is 4.98 Å². The van der Waals surface area contributed by atoms with E-state index in [1.165, 1.54) is 29.4 Å². The summed E-state index contributed by atoms with van der Waals surface area (Å²) < 4.78 is 37.6. The molecular formula is C27H32F3N5O2S. The number of carbonyl (C=O) groups excluding carboxylic acids is 2. The van der Waals surface area contributed by atoms with Gasteiger partial charge in [-0.1, -0.05) is 24.3 Å². The van der Waals surface area contributed by atoms with Crippen LogP contribution in [-0.4, -0.2) is 70.9 Å². The van der Waals surface area contributed by atoms with Crippen molar-refractivity contribution in [2.75, 3.05) is 26.7 Å². The van der Waals surface area contributed by atoms with Crippen molar-refractivity contribution in [1.29, 1.82) is 5.41 Å². The minimum absolute atomic E-state index is 0.0391. The number of fused-ring (bicyclic) bond motifs is 1. The van der Waals surface area contributed by atoms with E-state index in [1.807, 2.05) is 24.6 Å². The molecule has 2 aromatic rings. The maximum atomic E-state index is 13.3. The molecule has 2 aliphatic rings. The number of hydrogen-bond donors (Lipinski definition) is 1. The van der Waals surface area contributed by atoms with Crippen LogP contribution >= 0.6 is 11.3 Å². The summed E-state index contributed by atoms with van der Waals surface area (Å²) in [4.78, 5) is 37.9. The molecule has 1 atom stereocenters. The van der Waals surface area contributed by atoms with E-state index in [1.54, 1.807) is 9.80 Å². The van der Waals surface area contributed by atoms with Gasteiger partial charge in [-0.3, -0.25) is 14.6 Å². The average Bonchev–Trinajstić information content (AvgIpc) is 3.40. The maximum Gasteiger partial charge on any atom is 0.429 e. The number of carbonyl (C=O) groups is 2. The Morgan fingerprint density at radius 3 is 2.63 bits per heavy atom. The zero-order valence-electron chi connectivity index (χ0n) is 21.6. The summed E-state index contributed by atoms with van der Waals surface area (Å²) >= 11 is 1.47. The minimum atomic E-state index is -4.68. The number of alkyl halides is 3. The SMILES string of the molecule is CC(CC(=N)C(F)(F)F)=NCC(=O)N1CCC(c2nc(C(=O)N(C)C3CCCc4ccccc43)cs2)CC1. The highest BCUT2D eigenvalue weighted by Crippen LogP contribution is 2.35. The summed E-state index contributed by atoms with van der Waals surface area (Å²) in [6, 6.07) is 8.32. The van der Waals surface area contributed by atoms with E-state index in [2.05, 4.69) is 22.1 Å². The number of nitrogens with zero attached hydrogens (tertiary/aromatic N) is 4. The third-order valence-corrected chi connectivity index (χ3v) is 8.33. The molecule has 2 heterocycles. The quantitative estimate of drug-likeness (QED) is 0.469. The summed E-state index contributed by atoms with van der Waals surface area (Å²) in [5, 5.41) is 9.76. The van der Waals surface area contributed by atoms with Crippen LogP contribution in [0.4, 0.5) is 13.2 Å². The van der Waals surface area contributed by atoms with E-state index >= 15 is 0 Å². The maximum absolute atomic E-state index is 13.3. The van der Waals surface area contributed by atoms with Crippen LogP contribution in [0.1, 0.15) is 77.6 Å². The number of nitrogens with one attached hydrogen (secondary N) is 1. The lowest BCUT2D eigenvalue weighted by atomic mass is 9.87. The lowest BCUT2D eigenvalue weighted by Gasteiger charge is -2.33. The molecule has 0 radical (unpaired) electrons. The van der Waals surface area contributed by atoms with Crippen LogP contribution in [0.15, 0.2) is 34.6 Å². The number of piperidine rings is 1. The van der Waals surface area contributed by atoms with E-state index in [4.69, 9.17) is 5.41 Å². The van der Waals surface area contributed by atoms with Gasteiger partial charge in [-0.2, -0.15) is 13.2 Å². The first-order valence-electron chi connectivity index (χ1n) is 12.8. The molecule has 0 spiro atoms. The summed E-state index contributed by atoms with van der Waals surface area (Å²) in [7, 11) is 1.84. The van der Waals surface area contributed by atoms with Crippen LogP contribution < -0.4 is 0 Å². The van der Waals surface area contributed by atoms with Gasteiger partial charge in [-0.05, 0) is 50.2 Å². The van der Waals surface area contributed by atoms with Gasteiger partial charge >= 0.3 is 6.18 Å². The van der Waals surface area contributed by atoms with Crippen LogP contribution in [0.3, 0.4) is 0 Å². The van der Waals surface area contributed by atoms with Crippen LogP contribution in [0.25, 0.3) is 0 Å². The molecule has 1 aliphatic carbocycles. The molecule has 7 nitrogen and oxygen atoms in total. The van der Waals surface area contributed by atoms with E-state index in [-0.39, 0.29) is 36.0 Å². The number of thiazole rings is 1. The average molecular weight is 548 g/mol. The standard InChI is InChI=1S/C27H32F3N5O2S/c1-17(14-23(31)27(28,29)30)32-15-24(36)35-12-10-19(11-13-35)25-33-21(16-38-25)26(37)34(2)22-9-5-7-18-6-3-4-8-20(18)22/h3-4,6,8,16,19,22,31H,5,7,9-15H2,1-2H3. The second kappa shape index (κ2) is 11.8. The summed E-state index contributed by atoms with van der Waals surface area (Å²) in [6.45, 7) is 2.16. The van der Waals surface area contributed by atoms with Gasteiger partial charge in [0.1, 0.15) is 18.0 Å². The molecule has 1 unspecified atom stereocenters. The Morgan fingerprint density at radius 1 is 1.21 bits per heavy atom. The number of amides is 2. The van der Waals surface area contributed by atoms with Crippen LogP contribution in [0, 0.1) is 5.41 Å². The summed E-state index contributed by atoms with van der Waals surface area (Å²) in [5.74, 6) is -0.191. The third kappa shape index (κ3) is 6.48. The van der Waals surface area contributed by atoms with Crippen molar-refractivity contribution in [3.05, 3.63) is 51.5 Å². The smallest absolute Gasteiger partial charge is 0.341 e. The molecule has 38 heavy (non-hydrogen) atoms. The van der Waals surface area contributed by atoms with Crippen molar-refractivity contribution in [3.63, 3.8) is 0 Å². The van der Waals surface area contributed by atoms with Gasteiger partial charge in [-0.15, -0.1) is 11.3 Å². The highest BCUT2D eigenvalue weighted by molar-refractivity contribution is 7.09. The van der Waals surface area contributed by atoms with Gasteiger partial charge in [0.25, 0.3) is 5.91 Å². The number of aliphatic imine (C=N–C) groups is 1. The van der Waals surface area contributed by atoms with Gasteiger partial charge < -0.3 is 15.2 Å². The highest BCUT2D eigenvalue weighted by atomic mass is 32.1. The third-order valence-electron chi connectivity index (χ3n) is 7.32. The number of rotatable bonds is 7. The van der Waals surface area contributed by atoms with Gasteiger partial charge in [0.05, 0.1) is 11.0 Å². The van der Waals surface area contributed by atoms with Gasteiger partial charge in [0, 0.05) is 43.6 Å². The molecular weight excluding hydrogens is 515 g/mol. The first-order chi connectivity index (χ1) is 18.0. The van der Waals surface area contributed by atoms with E-state index in [0.29, 0.717) is 31.6 Å². The van der Waals surface area contributed by atoms with Crippen molar-refractivity contribution in [2.24, 2.45) is 4.99 Å². The molecule has 1 aromatic heterocycles. The lowest BCUT2D eigenvalue weighted by molar-refractivity contribution is -0.130. The number of aryl methyl sites for hydroxylation is 1. The number of benzene rings is 1. The molecule has 204 valence electrons. The Labute approximate surface area is 224 Å². The molecule has 0 saturated carbocycles. The Bertz CT molecular complexity index is 1220. The van der Waals surface area contributed by atoms with Crippen molar-refractivity contribution < 1.29 is 22.8 Å². The second-order valence-electron chi connectivity index (χ2n) is 9.95. The fourth-order valence-electron chi connectivity index (χ4n) is 5.12. The van der Waals surface area contributed by atoms with Crippen LogP contribution in [0.2, 0.25) is 0 Å². The van der Waals surface area contributed by atoms with Crippen LogP contribution in [-0.2, 0) is 11.2 Å². The summed E-state index contributed by atoms with van der Waals surface area (Å²) in [6.07, 6.45) is -0.907. The number of likely N-dealkylation sites (tertiary alicyclic amines) is 1. The highest BCUT2D eigenvalue weighted by Gasteiger charge is 2.34. The first kappa shape index (κ1) is 27.9. The fourth-order valence-corrected chi connectivity index (χ4v) is 6.08. The van der Waals surface area contributed by atoms with Crippen molar-refractivity contribution in [1.82, 2.24) is 14.8 Å². The topological polar surface area (TPSA) is 89.7 Å². The minimum Gasteiger partial charge on any atom is -0.341 e. The summed E-state index contributed by atoms with van der Waals surface area (Å²) in [5.41, 5.74) is 1.69. The Hall–Kier alpha value is -3.08. The Balaban J connectivity index is 1.30. The molecule has 1 N–H and O–H groups in total. The number of hydrogen-bond acceptors (Lipinski definition) is 6. The number of aromatic nitrogens is 1. The number of halogens is 3. The largest absolute Gasteiger partial charge is 0.429 e. The Morgan fingerprint density at radius 2 is 1.92 bits per heavy atom. The molecule has 1 aromatic carbocycles. The fraction of sp³-hybridized carbons (Fsp3) is 0.519. The predicted octanol–water partition coefficient (Wildman–Crippen LogP) is 5.43. The van der Waals surface area contributed by atoms with Crippen molar-refractivity contribution in [2.45, 2.75) is 63.6 Å². The van der Waals surface area contributed by atoms with E-state index < -0.39 is 18.3 Å². The van der Waals surface area contributed by atoms with Gasteiger partial charge in [0.15, 0.2) is 0 Å². The molecule has 1 aliphatic heterocycles. The Kier molecular flexibility index (Phi) is 8.64. The molecule has 2 amide bonds. The predicted molar refractivity (Wildman–Crippen MR) is 141 cm³/mol.